The van der Waals surface area contributed by atoms with Gasteiger partial charge in [-0.2, -0.15) is 5.10 Å². The molecular weight excluding hydrogens is 520 g/mol. The number of carbonyl (C=O) groups is 3. The van der Waals surface area contributed by atoms with Gasteiger partial charge in [0.2, 0.25) is 0 Å². The van der Waals surface area contributed by atoms with E-state index in [9.17, 15) is 18.8 Å². The van der Waals surface area contributed by atoms with Gasteiger partial charge in [0.05, 0.1) is 29.4 Å². The first-order chi connectivity index (χ1) is 17.7. The second kappa shape index (κ2) is 9.68. The fraction of sp³-hybridized carbons (Fsp3) is 0.0769. The van der Waals surface area contributed by atoms with Gasteiger partial charge >= 0.3 is 0 Å². The second-order valence-electron chi connectivity index (χ2n) is 8.28. The number of aromatic nitrogens is 3. The molecule has 0 unspecified atom stereocenters. The Morgan fingerprint density at radius 3 is 2.38 bits per heavy atom. The predicted molar refractivity (Wildman–Crippen MR) is 136 cm³/mol. The van der Waals surface area contributed by atoms with Gasteiger partial charge in [0.25, 0.3) is 17.7 Å². The van der Waals surface area contributed by atoms with Crippen LogP contribution in [0.1, 0.15) is 36.6 Å². The first-order valence-corrected chi connectivity index (χ1v) is 11.8. The molecule has 0 fully saturated rings. The number of nitrogens with one attached hydrogen (secondary N) is 1. The largest absolute Gasteiger partial charge is 0.324 e. The standard InChI is InChI=1S/C26H18Cl2FN5O3/c1-32-24(21(27)12-30-32)33-13-16(11-22(33)28)23(35)31-18(10-15-5-4-6-17(29)9-15)14-34-25(36)19-7-2-3-8-20(19)26(34)37/h2-13H,14H2,1H3,(H,31,35)/b18-10+. The number of hydrogen-bond acceptors (Lipinski definition) is 4. The van der Waals surface area contributed by atoms with Crippen molar-refractivity contribution >= 4 is 47.0 Å². The number of aryl methyl sites for hydroxylation is 1. The molecule has 1 aliphatic rings. The molecule has 0 aliphatic carbocycles. The van der Waals surface area contributed by atoms with Crippen LogP contribution in [-0.4, -0.2) is 43.5 Å². The van der Waals surface area contributed by atoms with Crippen molar-refractivity contribution in [3.8, 4) is 5.82 Å². The zero-order valence-corrected chi connectivity index (χ0v) is 20.8. The van der Waals surface area contributed by atoms with Crippen LogP contribution in [0.4, 0.5) is 4.39 Å². The smallest absolute Gasteiger partial charge is 0.261 e. The Morgan fingerprint density at radius 1 is 1.05 bits per heavy atom. The summed E-state index contributed by atoms with van der Waals surface area (Å²) in [6.07, 6.45) is 4.44. The van der Waals surface area contributed by atoms with Crippen LogP contribution in [0.25, 0.3) is 11.9 Å². The monoisotopic (exact) mass is 537 g/mol. The molecule has 1 aliphatic heterocycles. The van der Waals surface area contributed by atoms with E-state index in [0.29, 0.717) is 16.4 Å². The zero-order valence-electron chi connectivity index (χ0n) is 19.3. The van der Waals surface area contributed by atoms with E-state index in [1.54, 1.807) is 37.4 Å². The quantitative estimate of drug-likeness (QED) is 0.360. The third kappa shape index (κ3) is 4.66. The van der Waals surface area contributed by atoms with Gasteiger partial charge in [0, 0.05) is 18.9 Å². The van der Waals surface area contributed by atoms with Crippen molar-refractivity contribution < 1.29 is 18.8 Å². The van der Waals surface area contributed by atoms with Crippen molar-refractivity contribution in [2.75, 3.05) is 6.54 Å². The molecule has 8 nitrogen and oxygen atoms in total. The lowest BCUT2D eigenvalue weighted by atomic mass is 10.1. The molecule has 3 amide bonds. The fourth-order valence-electron chi connectivity index (χ4n) is 4.09. The number of imide groups is 1. The topological polar surface area (TPSA) is 89.2 Å². The number of carbonyl (C=O) groups excluding carboxylic acids is 3. The molecule has 0 bridgehead atoms. The normalized spacial score (nSPS) is 13.3. The minimum atomic E-state index is -0.557. The molecule has 11 heteroatoms. The highest BCUT2D eigenvalue weighted by molar-refractivity contribution is 6.33. The van der Waals surface area contributed by atoms with Gasteiger partial charge in [-0.25, -0.2) is 4.39 Å². The van der Waals surface area contributed by atoms with Crippen LogP contribution in [-0.2, 0) is 7.05 Å². The minimum Gasteiger partial charge on any atom is -0.324 e. The molecule has 0 radical (unpaired) electrons. The van der Waals surface area contributed by atoms with Crippen molar-refractivity contribution in [2.45, 2.75) is 0 Å². The number of amides is 3. The minimum absolute atomic E-state index is 0.190. The van der Waals surface area contributed by atoms with Gasteiger partial charge < -0.3 is 5.32 Å². The number of hydrogen-bond donors (Lipinski definition) is 1. The van der Waals surface area contributed by atoms with Crippen LogP contribution in [0.3, 0.4) is 0 Å². The molecule has 186 valence electrons. The summed E-state index contributed by atoms with van der Waals surface area (Å²) >= 11 is 12.6. The van der Waals surface area contributed by atoms with E-state index in [1.165, 1.54) is 52.0 Å². The summed E-state index contributed by atoms with van der Waals surface area (Å²) in [6.45, 7) is -0.239. The Labute approximate surface area is 220 Å². The highest BCUT2D eigenvalue weighted by Crippen LogP contribution is 2.26. The summed E-state index contributed by atoms with van der Waals surface area (Å²) in [7, 11) is 1.68. The van der Waals surface area contributed by atoms with Gasteiger partial charge in [-0.05, 0) is 42.0 Å². The lowest BCUT2D eigenvalue weighted by Crippen LogP contribution is -2.36. The van der Waals surface area contributed by atoms with Crippen LogP contribution >= 0.6 is 23.2 Å². The number of nitrogens with zero attached hydrogens (tertiary/aromatic N) is 4. The molecule has 4 aromatic rings. The SMILES string of the molecule is Cn1ncc(Cl)c1-n1cc(C(=O)N/C(=C/c2cccc(F)c2)CN2C(=O)c3ccccc3C2=O)cc1Cl. The lowest BCUT2D eigenvalue weighted by Gasteiger charge is -2.17. The Bertz CT molecular complexity index is 1550. The molecular formula is C26H18Cl2FN5O3. The first-order valence-electron chi connectivity index (χ1n) is 11.0. The third-order valence-electron chi connectivity index (χ3n) is 5.80. The van der Waals surface area contributed by atoms with Crippen molar-refractivity contribution in [1.82, 2.24) is 24.6 Å². The predicted octanol–water partition coefficient (Wildman–Crippen LogP) is 4.72. The maximum Gasteiger partial charge on any atom is 0.261 e. The van der Waals surface area contributed by atoms with Crippen molar-refractivity contribution in [1.29, 1.82) is 0 Å². The van der Waals surface area contributed by atoms with E-state index in [1.807, 2.05) is 0 Å². The van der Waals surface area contributed by atoms with Gasteiger partial charge in [-0.1, -0.05) is 47.5 Å². The fourth-order valence-corrected chi connectivity index (χ4v) is 4.59. The van der Waals surface area contributed by atoms with Gasteiger partial charge in [-0.3, -0.25) is 28.5 Å². The summed E-state index contributed by atoms with van der Waals surface area (Å²) in [5, 5.41) is 7.36. The Kier molecular flexibility index (Phi) is 6.41. The Balaban J connectivity index is 1.46. The van der Waals surface area contributed by atoms with Crippen LogP contribution in [0, 0.1) is 5.82 Å². The molecule has 0 saturated carbocycles. The molecule has 5 rings (SSSR count). The molecule has 0 spiro atoms. The summed E-state index contributed by atoms with van der Waals surface area (Å²) in [6, 6.07) is 13.6. The van der Waals surface area contributed by atoms with E-state index in [-0.39, 0.29) is 34.1 Å². The van der Waals surface area contributed by atoms with E-state index in [0.717, 1.165) is 4.90 Å². The average Bonchev–Trinajstić information content (AvgIpc) is 3.48. The first kappa shape index (κ1) is 24.5. The maximum atomic E-state index is 13.8. The van der Waals surface area contributed by atoms with Gasteiger partial charge in [0.15, 0.2) is 5.82 Å². The maximum absolute atomic E-state index is 13.8. The van der Waals surface area contributed by atoms with Crippen LogP contribution in [0.2, 0.25) is 10.2 Å². The third-order valence-corrected chi connectivity index (χ3v) is 6.36. The van der Waals surface area contributed by atoms with Gasteiger partial charge in [0.1, 0.15) is 16.0 Å². The summed E-state index contributed by atoms with van der Waals surface area (Å²) in [4.78, 5) is 40.1. The van der Waals surface area contributed by atoms with Crippen LogP contribution in [0.5, 0.6) is 0 Å². The Morgan fingerprint density at radius 2 is 1.76 bits per heavy atom. The average molecular weight is 538 g/mol. The van der Waals surface area contributed by atoms with Crippen LogP contribution < -0.4 is 5.32 Å². The highest BCUT2D eigenvalue weighted by atomic mass is 35.5. The molecule has 2 aromatic heterocycles. The van der Waals surface area contributed by atoms with Crippen molar-refractivity contribution in [3.05, 3.63) is 111 Å². The van der Waals surface area contributed by atoms with Gasteiger partial charge in [-0.15, -0.1) is 0 Å². The van der Waals surface area contributed by atoms with Crippen molar-refractivity contribution in [3.63, 3.8) is 0 Å². The van der Waals surface area contributed by atoms with Crippen LogP contribution in [0.15, 0.2) is 72.7 Å². The van der Waals surface area contributed by atoms with Crippen molar-refractivity contribution in [2.24, 2.45) is 7.05 Å². The molecule has 2 aromatic carbocycles. The lowest BCUT2D eigenvalue weighted by molar-refractivity contribution is 0.0662. The molecule has 3 heterocycles. The zero-order chi connectivity index (χ0) is 26.3. The number of fused-ring (bicyclic) bond motifs is 1. The van der Waals surface area contributed by atoms with E-state index in [4.69, 9.17) is 23.2 Å². The second-order valence-corrected chi connectivity index (χ2v) is 9.08. The summed E-state index contributed by atoms with van der Waals surface area (Å²) < 4.78 is 16.8. The summed E-state index contributed by atoms with van der Waals surface area (Å²) in [5.41, 5.74) is 1.38. The van der Waals surface area contributed by atoms with E-state index in [2.05, 4.69) is 10.4 Å². The number of halogens is 3. The van der Waals surface area contributed by atoms with E-state index >= 15 is 0 Å². The molecule has 0 atom stereocenters. The highest BCUT2D eigenvalue weighted by Gasteiger charge is 2.35. The molecule has 0 saturated heterocycles. The number of rotatable bonds is 6. The summed E-state index contributed by atoms with van der Waals surface area (Å²) in [5.74, 6) is -1.54. The molecule has 37 heavy (non-hydrogen) atoms. The van der Waals surface area contributed by atoms with E-state index < -0.39 is 23.5 Å². The number of benzene rings is 2. The Hall–Kier alpha value is -4.21. The molecule has 1 N–H and O–H groups in total.